The van der Waals surface area contributed by atoms with E-state index >= 15 is 0 Å². The Morgan fingerprint density at radius 1 is 2.00 bits per heavy atom. The van der Waals surface area contributed by atoms with Gasteiger partial charge in [0.2, 0.25) is 0 Å². The first-order chi connectivity index (χ1) is 3.80. The molecule has 44 valence electrons. The van der Waals surface area contributed by atoms with Gasteiger partial charge in [0, 0.05) is 5.75 Å². The van der Waals surface area contributed by atoms with Crippen molar-refractivity contribution in [1.29, 1.82) is 0 Å². The molecule has 0 bridgehead atoms. The molecule has 0 unspecified atom stereocenters. The Morgan fingerprint density at radius 3 is 3.00 bits per heavy atom. The summed E-state index contributed by atoms with van der Waals surface area (Å²) in [5, 5.41) is 8.29. The van der Waals surface area contributed by atoms with Crippen LogP contribution in [-0.2, 0) is 4.79 Å². The van der Waals surface area contributed by atoms with E-state index in [0.29, 0.717) is 5.75 Å². The van der Waals surface area contributed by atoms with E-state index < -0.39 is 12.0 Å². The Balaban J connectivity index is 2.48. The number of hydrogen-bond donors (Lipinski definition) is 1. The van der Waals surface area contributed by atoms with Gasteiger partial charge in [-0.05, 0) is 0 Å². The highest BCUT2D eigenvalue weighted by Gasteiger charge is 2.17. The zero-order valence-electron chi connectivity index (χ0n) is 4.07. The first kappa shape index (κ1) is 5.62. The fourth-order valence-corrected chi connectivity index (χ4v) is 1.16. The molecular weight excluding hydrogens is 126 g/mol. The van der Waals surface area contributed by atoms with E-state index in [1.807, 2.05) is 0 Å². The Kier molecular flexibility index (Phi) is 1.53. The van der Waals surface area contributed by atoms with Crippen molar-refractivity contribution in [2.24, 2.45) is 4.99 Å². The van der Waals surface area contributed by atoms with Crippen LogP contribution in [0.1, 0.15) is 0 Å². The normalized spacial score (nSPS) is 26.2. The van der Waals surface area contributed by atoms with Crippen LogP contribution in [0.15, 0.2) is 4.99 Å². The minimum atomic E-state index is -0.828. The lowest BCUT2D eigenvalue weighted by molar-refractivity contribution is -0.137. The number of rotatable bonds is 1. The fraction of sp³-hybridized carbons (Fsp3) is 0.500. The van der Waals surface area contributed by atoms with Crippen LogP contribution >= 0.6 is 11.8 Å². The predicted molar refractivity (Wildman–Crippen MR) is 32.4 cm³/mol. The van der Waals surface area contributed by atoms with Crippen molar-refractivity contribution in [2.75, 3.05) is 5.75 Å². The van der Waals surface area contributed by atoms with E-state index in [1.165, 1.54) is 11.8 Å². The maximum Gasteiger partial charge on any atom is 0.329 e. The summed E-state index contributed by atoms with van der Waals surface area (Å²) < 4.78 is 0. The third-order valence-electron chi connectivity index (χ3n) is 0.854. The van der Waals surface area contributed by atoms with Gasteiger partial charge in [-0.1, -0.05) is 0 Å². The van der Waals surface area contributed by atoms with Crippen LogP contribution in [0.25, 0.3) is 0 Å². The summed E-state index contributed by atoms with van der Waals surface area (Å²) in [6.07, 6.45) is 0. The van der Waals surface area contributed by atoms with Gasteiger partial charge in [0.15, 0.2) is 6.04 Å². The molecule has 1 rings (SSSR count). The second-order valence-corrected chi connectivity index (χ2v) is 2.32. The first-order valence-electron chi connectivity index (χ1n) is 2.17. The van der Waals surface area contributed by atoms with Crippen LogP contribution < -0.4 is 0 Å². The number of aliphatic carboxylic acids is 1. The molecule has 0 aromatic rings. The van der Waals surface area contributed by atoms with E-state index in [0.717, 1.165) is 0 Å². The van der Waals surface area contributed by atoms with Gasteiger partial charge in [-0.25, -0.2) is 4.79 Å². The summed E-state index contributed by atoms with van der Waals surface area (Å²) >= 11 is 1.44. The second-order valence-electron chi connectivity index (χ2n) is 1.44. The van der Waals surface area contributed by atoms with Gasteiger partial charge < -0.3 is 5.11 Å². The molecule has 0 saturated heterocycles. The Labute approximate surface area is 50.8 Å². The highest BCUT2D eigenvalue weighted by molar-refractivity contribution is 8.12. The highest BCUT2D eigenvalue weighted by Crippen LogP contribution is 2.10. The highest BCUT2D eigenvalue weighted by atomic mass is 32.2. The minimum absolute atomic E-state index is 0.486. The molecular formula is C4H5NO2S. The molecule has 1 N–H and O–H groups in total. The van der Waals surface area contributed by atoms with Gasteiger partial charge in [0.05, 0.1) is 5.55 Å². The second kappa shape index (κ2) is 2.17. The van der Waals surface area contributed by atoms with Crippen molar-refractivity contribution in [1.82, 2.24) is 0 Å². The average molecular weight is 131 g/mol. The number of aliphatic imine (C=N–C) groups is 1. The first-order valence-corrected chi connectivity index (χ1v) is 3.21. The molecule has 8 heavy (non-hydrogen) atoms. The minimum Gasteiger partial charge on any atom is -0.480 e. The molecule has 0 aromatic carbocycles. The third-order valence-corrected chi connectivity index (χ3v) is 1.63. The van der Waals surface area contributed by atoms with Crippen LogP contribution in [0, 0.1) is 0 Å². The van der Waals surface area contributed by atoms with Gasteiger partial charge in [-0.2, -0.15) is 0 Å². The zero-order chi connectivity index (χ0) is 5.98. The molecule has 3 nitrogen and oxygen atoms in total. The lowest BCUT2D eigenvalue weighted by Crippen LogP contribution is -2.16. The topological polar surface area (TPSA) is 49.7 Å². The molecule has 4 heteroatoms. The van der Waals surface area contributed by atoms with Crippen LogP contribution in [0.2, 0.25) is 0 Å². The van der Waals surface area contributed by atoms with Crippen molar-refractivity contribution >= 4 is 23.3 Å². The number of carbonyl (C=O) groups is 1. The number of hydrogen-bond acceptors (Lipinski definition) is 3. The van der Waals surface area contributed by atoms with E-state index in [2.05, 4.69) is 4.99 Å². The average Bonchev–Trinajstić information content (AvgIpc) is 2.12. The summed E-state index contributed by atoms with van der Waals surface area (Å²) in [5.41, 5.74) is 1.58. The quantitative estimate of drug-likeness (QED) is 0.553. The Bertz CT molecular complexity index is 134. The molecule has 0 saturated carbocycles. The molecule has 0 fully saturated rings. The maximum atomic E-state index is 10.1. The summed E-state index contributed by atoms with van der Waals surface area (Å²) in [6, 6.07) is -0.486. The van der Waals surface area contributed by atoms with E-state index in [-0.39, 0.29) is 0 Å². The van der Waals surface area contributed by atoms with Crippen molar-refractivity contribution < 1.29 is 9.90 Å². The number of nitrogens with zero attached hydrogens (tertiary/aromatic N) is 1. The lowest BCUT2D eigenvalue weighted by Gasteiger charge is -1.93. The van der Waals surface area contributed by atoms with Gasteiger partial charge in [-0.15, -0.1) is 11.8 Å². The molecule has 0 amide bonds. The van der Waals surface area contributed by atoms with Crippen LogP contribution in [-0.4, -0.2) is 28.4 Å². The SMILES string of the molecule is O=C(O)[C@H]1CSC=N1. The smallest absolute Gasteiger partial charge is 0.329 e. The van der Waals surface area contributed by atoms with Gasteiger partial charge in [0.25, 0.3) is 0 Å². The molecule has 0 aliphatic carbocycles. The lowest BCUT2D eigenvalue weighted by atomic mass is 10.4. The number of carboxylic acid groups (broad SMARTS) is 1. The van der Waals surface area contributed by atoms with E-state index in [1.54, 1.807) is 5.55 Å². The molecule has 1 aliphatic heterocycles. The van der Waals surface area contributed by atoms with Crippen molar-refractivity contribution in [3.05, 3.63) is 0 Å². The van der Waals surface area contributed by atoms with Crippen LogP contribution in [0.3, 0.4) is 0 Å². The van der Waals surface area contributed by atoms with Crippen molar-refractivity contribution in [3.63, 3.8) is 0 Å². The van der Waals surface area contributed by atoms with Crippen molar-refractivity contribution in [3.8, 4) is 0 Å². The largest absolute Gasteiger partial charge is 0.480 e. The Hall–Kier alpha value is -0.510. The predicted octanol–water partition coefficient (Wildman–Crippen LogP) is 0.215. The molecule has 1 heterocycles. The van der Waals surface area contributed by atoms with Crippen LogP contribution in [0.5, 0.6) is 0 Å². The van der Waals surface area contributed by atoms with Gasteiger partial charge in [-0.3, -0.25) is 4.99 Å². The molecule has 0 spiro atoms. The van der Waals surface area contributed by atoms with Crippen LogP contribution in [0.4, 0.5) is 0 Å². The molecule has 1 atom stereocenters. The summed E-state index contributed by atoms with van der Waals surface area (Å²) in [5.74, 6) is -0.235. The monoisotopic (exact) mass is 131 g/mol. The van der Waals surface area contributed by atoms with Gasteiger partial charge >= 0.3 is 5.97 Å². The molecule has 0 radical (unpaired) electrons. The molecule has 0 aromatic heterocycles. The molecule has 1 aliphatic rings. The number of thioether (sulfide) groups is 1. The summed E-state index contributed by atoms with van der Waals surface area (Å²) in [6.45, 7) is 0. The standard InChI is InChI=1S/C4H5NO2S/c6-4(7)3-1-8-2-5-3/h2-3H,1H2,(H,6,7)/t3-/m1/s1. The Morgan fingerprint density at radius 2 is 2.75 bits per heavy atom. The fourth-order valence-electron chi connectivity index (χ4n) is 0.429. The number of carboxylic acids is 1. The zero-order valence-corrected chi connectivity index (χ0v) is 4.89. The third kappa shape index (κ3) is 1.01. The van der Waals surface area contributed by atoms with Crippen molar-refractivity contribution in [2.45, 2.75) is 6.04 Å². The van der Waals surface area contributed by atoms with Gasteiger partial charge in [0.1, 0.15) is 0 Å². The van der Waals surface area contributed by atoms with E-state index in [4.69, 9.17) is 5.11 Å². The summed E-state index contributed by atoms with van der Waals surface area (Å²) in [7, 11) is 0. The maximum absolute atomic E-state index is 10.1. The summed E-state index contributed by atoms with van der Waals surface area (Å²) in [4.78, 5) is 13.7. The van der Waals surface area contributed by atoms with E-state index in [9.17, 15) is 4.79 Å².